The third kappa shape index (κ3) is 4.39. The fourth-order valence-corrected chi connectivity index (χ4v) is 4.65. The van der Waals surface area contributed by atoms with Gasteiger partial charge in [0.1, 0.15) is 5.75 Å². The molecule has 0 amide bonds. The van der Waals surface area contributed by atoms with E-state index < -0.39 is 0 Å². The second-order valence-electron chi connectivity index (χ2n) is 8.65. The van der Waals surface area contributed by atoms with E-state index in [0.29, 0.717) is 23.5 Å². The van der Waals surface area contributed by atoms with Crippen LogP contribution in [-0.4, -0.2) is 5.11 Å². The largest absolute Gasteiger partial charge is 0.508 e. The first kappa shape index (κ1) is 18.3. The number of phenols is 1. The highest BCUT2D eigenvalue weighted by Gasteiger charge is 2.39. The maximum Gasteiger partial charge on any atom is 0.119 e. The second kappa shape index (κ2) is 7.41. The van der Waals surface area contributed by atoms with Crippen LogP contribution in [0.5, 0.6) is 5.75 Å². The van der Waals surface area contributed by atoms with Gasteiger partial charge in [0, 0.05) is 5.02 Å². The second-order valence-corrected chi connectivity index (χ2v) is 9.08. The Morgan fingerprint density at radius 1 is 1.00 bits per heavy atom. The lowest BCUT2D eigenvalue weighted by Gasteiger charge is -2.44. The van der Waals surface area contributed by atoms with Crippen molar-refractivity contribution in [3.8, 4) is 5.75 Å². The summed E-state index contributed by atoms with van der Waals surface area (Å²) in [6.07, 6.45) is 4.70. The number of aromatic hydroxyl groups is 1. The van der Waals surface area contributed by atoms with E-state index in [0.717, 1.165) is 23.4 Å². The van der Waals surface area contributed by atoms with E-state index >= 15 is 0 Å². The quantitative estimate of drug-likeness (QED) is 0.638. The van der Waals surface area contributed by atoms with E-state index in [4.69, 9.17) is 11.6 Å². The van der Waals surface area contributed by atoms with Gasteiger partial charge < -0.3 is 5.11 Å². The number of halogens is 1. The monoisotopic (exact) mass is 356 g/mol. The minimum Gasteiger partial charge on any atom is -0.508 e. The number of hydrogen-bond donors (Lipinski definition) is 1. The molecule has 1 aliphatic rings. The predicted molar refractivity (Wildman–Crippen MR) is 106 cm³/mol. The summed E-state index contributed by atoms with van der Waals surface area (Å²) in [5.74, 6) is 2.18. The van der Waals surface area contributed by atoms with E-state index in [1.165, 1.54) is 18.4 Å². The van der Waals surface area contributed by atoms with Gasteiger partial charge in [0.15, 0.2) is 0 Å². The van der Waals surface area contributed by atoms with Crippen molar-refractivity contribution in [3.05, 3.63) is 64.7 Å². The van der Waals surface area contributed by atoms with Gasteiger partial charge in [-0.3, -0.25) is 0 Å². The van der Waals surface area contributed by atoms with Crippen molar-refractivity contribution < 1.29 is 5.11 Å². The number of para-hydroxylation sites is 1. The SMILES string of the molecule is CC(C)(C)C1CC(Cc2ccc(Cl)cc2)CCC1c1ccccc1O. The first-order chi connectivity index (χ1) is 11.8. The molecule has 0 aliphatic heterocycles. The molecule has 1 nitrogen and oxygen atoms in total. The molecular formula is C23H29ClO. The Bertz CT molecular complexity index is 699. The van der Waals surface area contributed by atoms with Crippen LogP contribution in [0.3, 0.4) is 0 Å². The van der Waals surface area contributed by atoms with Crippen molar-refractivity contribution in [1.29, 1.82) is 0 Å². The smallest absolute Gasteiger partial charge is 0.119 e. The zero-order chi connectivity index (χ0) is 18.0. The molecule has 1 aliphatic carbocycles. The van der Waals surface area contributed by atoms with Crippen molar-refractivity contribution in [2.24, 2.45) is 17.3 Å². The summed E-state index contributed by atoms with van der Waals surface area (Å²) >= 11 is 6.02. The maximum absolute atomic E-state index is 10.4. The van der Waals surface area contributed by atoms with Gasteiger partial charge in [-0.15, -0.1) is 0 Å². The van der Waals surface area contributed by atoms with Crippen LogP contribution in [-0.2, 0) is 6.42 Å². The van der Waals surface area contributed by atoms with Crippen LogP contribution in [0.4, 0.5) is 0 Å². The summed E-state index contributed by atoms with van der Waals surface area (Å²) in [5.41, 5.74) is 2.74. The van der Waals surface area contributed by atoms with Crippen LogP contribution >= 0.6 is 11.6 Å². The Balaban J connectivity index is 1.79. The molecule has 25 heavy (non-hydrogen) atoms. The third-order valence-corrected chi connectivity index (χ3v) is 6.10. The summed E-state index contributed by atoms with van der Waals surface area (Å²) in [5, 5.41) is 11.2. The van der Waals surface area contributed by atoms with E-state index in [-0.39, 0.29) is 5.41 Å². The Hall–Kier alpha value is -1.47. The van der Waals surface area contributed by atoms with E-state index in [1.807, 2.05) is 24.3 Å². The summed E-state index contributed by atoms with van der Waals surface area (Å²) in [7, 11) is 0. The minimum absolute atomic E-state index is 0.228. The Kier molecular flexibility index (Phi) is 5.43. The fraction of sp³-hybridized carbons (Fsp3) is 0.478. The van der Waals surface area contributed by atoms with Gasteiger partial charge in [-0.2, -0.15) is 0 Å². The molecule has 2 aromatic carbocycles. The number of rotatable bonds is 3. The summed E-state index contributed by atoms with van der Waals surface area (Å²) in [4.78, 5) is 0. The lowest BCUT2D eigenvalue weighted by molar-refractivity contribution is 0.114. The highest BCUT2D eigenvalue weighted by atomic mass is 35.5. The predicted octanol–water partition coefficient (Wildman–Crippen LogP) is 6.83. The van der Waals surface area contributed by atoms with Crippen molar-refractivity contribution >= 4 is 11.6 Å². The first-order valence-corrected chi connectivity index (χ1v) is 9.74. The molecule has 134 valence electrons. The van der Waals surface area contributed by atoms with Gasteiger partial charge in [-0.25, -0.2) is 0 Å². The first-order valence-electron chi connectivity index (χ1n) is 9.37. The molecule has 3 unspecified atom stereocenters. The van der Waals surface area contributed by atoms with Crippen LogP contribution < -0.4 is 0 Å². The molecular weight excluding hydrogens is 328 g/mol. The molecule has 0 heterocycles. The Morgan fingerprint density at radius 3 is 2.32 bits per heavy atom. The summed E-state index contributed by atoms with van der Waals surface area (Å²) in [6.45, 7) is 7.03. The lowest BCUT2D eigenvalue weighted by atomic mass is 9.61. The average Bonchev–Trinajstić information content (AvgIpc) is 2.57. The normalized spacial score (nSPS) is 24.2. The van der Waals surface area contributed by atoms with Crippen LogP contribution in [0.25, 0.3) is 0 Å². The van der Waals surface area contributed by atoms with E-state index in [9.17, 15) is 5.11 Å². The molecule has 3 atom stereocenters. The molecule has 1 saturated carbocycles. The molecule has 1 fully saturated rings. The van der Waals surface area contributed by atoms with Crippen molar-refractivity contribution in [1.82, 2.24) is 0 Å². The van der Waals surface area contributed by atoms with E-state index in [2.05, 4.69) is 45.0 Å². The molecule has 0 aromatic heterocycles. The highest BCUT2D eigenvalue weighted by molar-refractivity contribution is 6.30. The van der Waals surface area contributed by atoms with Gasteiger partial charge in [0.2, 0.25) is 0 Å². The van der Waals surface area contributed by atoms with E-state index in [1.54, 1.807) is 0 Å². The molecule has 0 spiro atoms. The number of hydrogen-bond acceptors (Lipinski definition) is 1. The Labute approximate surface area is 157 Å². The zero-order valence-electron chi connectivity index (χ0n) is 15.5. The van der Waals surface area contributed by atoms with Gasteiger partial charge >= 0.3 is 0 Å². The lowest BCUT2D eigenvalue weighted by Crippen LogP contribution is -2.33. The zero-order valence-corrected chi connectivity index (χ0v) is 16.3. The molecule has 0 bridgehead atoms. The summed E-state index contributed by atoms with van der Waals surface area (Å²) < 4.78 is 0. The van der Waals surface area contributed by atoms with Crippen LogP contribution in [0, 0.1) is 17.3 Å². The van der Waals surface area contributed by atoms with Gasteiger partial charge in [0.05, 0.1) is 0 Å². The summed E-state index contributed by atoms with van der Waals surface area (Å²) in [6, 6.07) is 16.2. The van der Waals surface area contributed by atoms with Crippen molar-refractivity contribution in [3.63, 3.8) is 0 Å². The van der Waals surface area contributed by atoms with Crippen molar-refractivity contribution in [2.45, 2.75) is 52.4 Å². The molecule has 3 rings (SSSR count). The molecule has 2 heteroatoms. The van der Waals surface area contributed by atoms with Gasteiger partial charge in [-0.1, -0.05) is 62.7 Å². The van der Waals surface area contributed by atoms with Gasteiger partial charge in [0.25, 0.3) is 0 Å². The van der Waals surface area contributed by atoms with Crippen molar-refractivity contribution in [2.75, 3.05) is 0 Å². The molecule has 1 N–H and O–H groups in total. The minimum atomic E-state index is 0.228. The third-order valence-electron chi connectivity index (χ3n) is 5.85. The van der Waals surface area contributed by atoms with Crippen LogP contribution in [0.15, 0.2) is 48.5 Å². The average molecular weight is 357 g/mol. The highest BCUT2D eigenvalue weighted by Crippen LogP contribution is 2.50. The Morgan fingerprint density at radius 2 is 1.68 bits per heavy atom. The standard InChI is InChI=1S/C23H29ClO/c1-23(2,3)21-15-17(14-16-8-11-18(24)12-9-16)10-13-19(21)20-6-4-5-7-22(20)25/h4-9,11-12,17,19,21,25H,10,13-15H2,1-3H3. The van der Waals surface area contributed by atoms with Crippen LogP contribution in [0.1, 0.15) is 57.1 Å². The molecule has 0 radical (unpaired) electrons. The van der Waals surface area contributed by atoms with Gasteiger partial charge in [-0.05, 0) is 78.2 Å². The number of phenolic OH excluding ortho intramolecular Hbond substituents is 1. The maximum atomic E-state index is 10.4. The molecule has 2 aromatic rings. The van der Waals surface area contributed by atoms with Crippen LogP contribution in [0.2, 0.25) is 5.02 Å². The topological polar surface area (TPSA) is 20.2 Å². The number of benzene rings is 2. The fourth-order valence-electron chi connectivity index (χ4n) is 4.53. The molecule has 0 saturated heterocycles.